The van der Waals surface area contributed by atoms with Crippen molar-refractivity contribution in [2.45, 2.75) is 43.8 Å². The van der Waals surface area contributed by atoms with Gasteiger partial charge in [-0.2, -0.15) is 0 Å². The zero-order valence-electron chi connectivity index (χ0n) is 11.3. The van der Waals surface area contributed by atoms with E-state index in [-0.39, 0.29) is 15.8 Å². The molecule has 0 amide bonds. The van der Waals surface area contributed by atoms with Gasteiger partial charge in [-0.1, -0.05) is 33.9 Å². The molecule has 2 nitrogen and oxygen atoms in total. The van der Waals surface area contributed by atoms with E-state index in [1.807, 2.05) is 24.1 Å². The molecule has 0 aromatic rings. The van der Waals surface area contributed by atoms with Crippen molar-refractivity contribution in [1.29, 1.82) is 0 Å². The van der Waals surface area contributed by atoms with E-state index < -0.39 is 8.07 Å². The van der Waals surface area contributed by atoms with E-state index in [0.717, 1.165) is 0 Å². The zero-order chi connectivity index (χ0) is 12.8. The number of hydrogen-bond acceptors (Lipinski definition) is 3. The van der Waals surface area contributed by atoms with Crippen LogP contribution in [0.25, 0.3) is 0 Å². The topological polar surface area (TPSA) is 29.4 Å². The second-order valence-corrected chi connectivity index (χ2v) is 13.6. The van der Waals surface area contributed by atoms with Crippen LogP contribution in [0.5, 0.6) is 0 Å². The lowest BCUT2D eigenvalue weighted by Gasteiger charge is -2.40. The number of carbonyl (C=O) groups is 1. The third kappa shape index (κ3) is 2.06. The number of fused-ring (bicyclic) bond motifs is 1. The van der Waals surface area contributed by atoms with Gasteiger partial charge in [0.15, 0.2) is 5.78 Å². The Morgan fingerprint density at radius 3 is 2.59 bits per heavy atom. The molecular formula is C13H21NOSSi. The van der Waals surface area contributed by atoms with Gasteiger partial charge in [0, 0.05) is 6.21 Å². The van der Waals surface area contributed by atoms with Gasteiger partial charge in [-0.15, -0.1) is 11.8 Å². The van der Waals surface area contributed by atoms with Crippen LogP contribution in [0.2, 0.25) is 18.1 Å². The molecule has 0 aromatic heterocycles. The Morgan fingerprint density at radius 1 is 1.41 bits per heavy atom. The number of dihydropyridines is 1. The van der Waals surface area contributed by atoms with Gasteiger partial charge in [-0.3, -0.25) is 9.79 Å². The molecule has 0 radical (unpaired) electrons. The summed E-state index contributed by atoms with van der Waals surface area (Å²) in [6, 6.07) is 0. The van der Waals surface area contributed by atoms with Gasteiger partial charge in [-0.25, -0.2) is 0 Å². The van der Waals surface area contributed by atoms with Gasteiger partial charge in [-0.05, 0) is 16.0 Å². The number of allylic oxidation sites excluding steroid dienone is 1. The van der Waals surface area contributed by atoms with Gasteiger partial charge in [0.05, 0.1) is 25.4 Å². The van der Waals surface area contributed by atoms with Gasteiger partial charge >= 0.3 is 0 Å². The van der Waals surface area contributed by atoms with Crippen molar-refractivity contribution in [2.75, 3.05) is 6.54 Å². The quantitative estimate of drug-likeness (QED) is 0.682. The minimum absolute atomic E-state index is 0.0733. The normalized spacial score (nSPS) is 29.2. The standard InChI is InChI=1S/C13H21NOSSi/c1-13(2,3)17(4,5)12-11(15)9-8-14-7-6-10(9)16-12/h6-7,9,12H,8H2,1-5H3. The summed E-state index contributed by atoms with van der Waals surface area (Å²) in [5.41, 5.74) is 0. The van der Waals surface area contributed by atoms with E-state index in [1.165, 1.54) is 4.91 Å². The van der Waals surface area contributed by atoms with Crippen LogP contribution in [0, 0.1) is 5.92 Å². The van der Waals surface area contributed by atoms with E-state index in [0.29, 0.717) is 12.3 Å². The van der Waals surface area contributed by atoms with E-state index in [9.17, 15) is 4.79 Å². The fraction of sp³-hybridized carbons (Fsp3) is 0.692. The molecule has 0 aromatic carbocycles. The van der Waals surface area contributed by atoms with E-state index >= 15 is 0 Å². The molecule has 1 fully saturated rings. The lowest BCUT2D eigenvalue weighted by atomic mass is 10.0. The average Bonchev–Trinajstić information content (AvgIpc) is 2.56. The molecule has 0 N–H and O–H groups in total. The molecule has 1 saturated heterocycles. The van der Waals surface area contributed by atoms with Gasteiger partial charge in [0.25, 0.3) is 0 Å². The molecule has 17 heavy (non-hydrogen) atoms. The van der Waals surface area contributed by atoms with Gasteiger partial charge in [0.1, 0.15) is 0 Å². The molecule has 2 atom stereocenters. The van der Waals surface area contributed by atoms with Crippen LogP contribution < -0.4 is 0 Å². The SMILES string of the molecule is CC(C)(C)[Si](C)(C)C1SC2=CC=NCC2C1=O. The molecule has 94 valence electrons. The maximum atomic E-state index is 12.5. The van der Waals surface area contributed by atoms with Crippen LogP contribution in [-0.4, -0.2) is 31.5 Å². The van der Waals surface area contributed by atoms with Crippen LogP contribution in [0.4, 0.5) is 0 Å². The number of ketones is 1. The Balaban J connectivity index is 2.29. The Morgan fingerprint density at radius 2 is 2.06 bits per heavy atom. The summed E-state index contributed by atoms with van der Waals surface area (Å²) in [5.74, 6) is 0.508. The lowest BCUT2D eigenvalue weighted by Crippen LogP contribution is -2.50. The molecular weight excluding hydrogens is 246 g/mol. The Kier molecular flexibility index (Phi) is 3.15. The number of carbonyl (C=O) groups excluding carboxylic acids is 1. The van der Waals surface area contributed by atoms with Crippen LogP contribution >= 0.6 is 11.8 Å². The molecule has 2 aliphatic rings. The predicted octanol–water partition coefficient (Wildman–Crippen LogP) is 3.30. The lowest BCUT2D eigenvalue weighted by molar-refractivity contribution is -0.119. The highest BCUT2D eigenvalue weighted by Crippen LogP contribution is 2.50. The number of thioether (sulfide) groups is 1. The summed E-state index contributed by atoms with van der Waals surface area (Å²) < 4.78 is 0. The fourth-order valence-corrected chi connectivity index (χ4v) is 7.52. The maximum Gasteiger partial charge on any atom is 0.153 e. The third-order valence-corrected chi connectivity index (χ3v) is 13.2. The molecule has 2 aliphatic heterocycles. The minimum Gasteiger partial charge on any atom is -0.298 e. The first-order chi connectivity index (χ1) is 7.75. The van der Waals surface area contributed by atoms with E-state index in [1.54, 1.807) is 0 Å². The number of aliphatic imine (C=N–C) groups is 1. The molecule has 4 heteroatoms. The fourth-order valence-electron chi connectivity index (χ4n) is 2.12. The molecule has 0 aliphatic carbocycles. The van der Waals surface area contributed by atoms with Crippen LogP contribution in [0.15, 0.2) is 16.0 Å². The molecule has 0 saturated carbocycles. The first-order valence-corrected chi connectivity index (χ1v) is 10.1. The Bertz CT molecular complexity index is 406. The summed E-state index contributed by atoms with van der Waals surface area (Å²) in [5, 5.41) is 0.259. The van der Waals surface area contributed by atoms with Crippen molar-refractivity contribution in [3.05, 3.63) is 11.0 Å². The van der Waals surface area contributed by atoms with Gasteiger partial charge < -0.3 is 0 Å². The molecule has 2 rings (SSSR count). The van der Waals surface area contributed by atoms with Crippen LogP contribution in [-0.2, 0) is 4.79 Å². The number of nitrogens with zero attached hydrogens (tertiary/aromatic N) is 1. The van der Waals surface area contributed by atoms with Crippen molar-refractivity contribution in [3.8, 4) is 0 Å². The highest BCUT2D eigenvalue weighted by Gasteiger charge is 2.52. The molecule has 0 spiro atoms. The average molecular weight is 267 g/mol. The smallest absolute Gasteiger partial charge is 0.153 e. The van der Waals surface area contributed by atoms with Crippen molar-refractivity contribution in [1.82, 2.24) is 0 Å². The summed E-state index contributed by atoms with van der Waals surface area (Å²) in [7, 11) is -1.61. The summed E-state index contributed by atoms with van der Waals surface area (Å²) in [6.07, 6.45) is 3.88. The molecule has 2 unspecified atom stereocenters. The highest BCUT2D eigenvalue weighted by atomic mass is 32.2. The monoisotopic (exact) mass is 267 g/mol. The van der Waals surface area contributed by atoms with Crippen molar-refractivity contribution < 1.29 is 4.79 Å². The van der Waals surface area contributed by atoms with Crippen molar-refractivity contribution in [2.24, 2.45) is 10.9 Å². The Labute approximate surface area is 109 Å². The number of Topliss-reactive ketones (excluding diaryl/α,β-unsaturated/α-hetero) is 1. The third-order valence-electron chi connectivity index (χ3n) is 4.42. The Hall–Kier alpha value is -0.353. The van der Waals surface area contributed by atoms with E-state index in [2.05, 4.69) is 38.9 Å². The predicted molar refractivity (Wildman–Crippen MR) is 78.5 cm³/mol. The first-order valence-electron chi connectivity index (χ1n) is 6.15. The maximum absolute atomic E-state index is 12.5. The number of hydrogen-bond donors (Lipinski definition) is 0. The first kappa shape index (κ1) is 13.1. The summed E-state index contributed by atoms with van der Waals surface area (Å²) >= 11 is 1.82. The van der Waals surface area contributed by atoms with Gasteiger partial charge in [0.2, 0.25) is 0 Å². The van der Waals surface area contributed by atoms with Crippen molar-refractivity contribution >= 4 is 31.8 Å². The summed E-state index contributed by atoms with van der Waals surface area (Å²) in [6.45, 7) is 12.2. The van der Waals surface area contributed by atoms with Crippen LogP contribution in [0.3, 0.4) is 0 Å². The van der Waals surface area contributed by atoms with E-state index in [4.69, 9.17) is 0 Å². The molecule has 0 bridgehead atoms. The second-order valence-electron chi connectivity index (χ2n) is 6.51. The number of rotatable bonds is 1. The zero-order valence-corrected chi connectivity index (χ0v) is 13.1. The van der Waals surface area contributed by atoms with Crippen LogP contribution in [0.1, 0.15) is 20.8 Å². The second kappa shape index (κ2) is 4.09. The largest absolute Gasteiger partial charge is 0.298 e. The minimum atomic E-state index is -1.61. The summed E-state index contributed by atoms with van der Waals surface area (Å²) in [4.78, 5) is 18.2. The van der Waals surface area contributed by atoms with Crippen molar-refractivity contribution in [3.63, 3.8) is 0 Å². The molecule has 2 heterocycles. The highest BCUT2D eigenvalue weighted by molar-refractivity contribution is 8.06.